The fourth-order valence-corrected chi connectivity index (χ4v) is 0.719. The highest BCUT2D eigenvalue weighted by molar-refractivity contribution is 5.88. The Kier molecular flexibility index (Phi) is 3.20. The summed E-state index contributed by atoms with van der Waals surface area (Å²) < 4.78 is 0. The second kappa shape index (κ2) is 3.32. The minimum absolute atomic E-state index is 0.104. The van der Waals surface area contributed by atoms with Crippen molar-refractivity contribution in [2.75, 3.05) is 0 Å². The van der Waals surface area contributed by atoms with Crippen LogP contribution >= 0.6 is 0 Å². The standard InChI is InChI=1S/C8H17NO2/c1-5(10)6(9)7(11)8(2,3)4/h5-6,10H,9H2,1-4H3/t5-,6-/m0/s1. The van der Waals surface area contributed by atoms with Gasteiger partial charge in [-0.2, -0.15) is 0 Å². The van der Waals surface area contributed by atoms with Crippen molar-refractivity contribution in [1.82, 2.24) is 0 Å². The molecule has 0 aliphatic rings. The quantitative estimate of drug-likeness (QED) is 0.609. The Morgan fingerprint density at radius 3 is 1.91 bits per heavy atom. The summed E-state index contributed by atoms with van der Waals surface area (Å²) in [5.41, 5.74) is 4.98. The summed E-state index contributed by atoms with van der Waals surface area (Å²) in [5.74, 6) is -0.104. The topological polar surface area (TPSA) is 63.3 Å². The Balaban J connectivity index is 4.26. The highest BCUT2D eigenvalue weighted by atomic mass is 16.3. The molecule has 0 aromatic heterocycles. The molecule has 0 amide bonds. The summed E-state index contributed by atoms with van der Waals surface area (Å²) in [4.78, 5) is 11.3. The molecule has 0 rings (SSSR count). The lowest BCUT2D eigenvalue weighted by molar-refractivity contribution is -0.129. The second-order valence-corrected chi connectivity index (χ2v) is 3.88. The Hall–Kier alpha value is -0.410. The van der Waals surface area contributed by atoms with Crippen LogP contribution in [0.2, 0.25) is 0 Å². The number of hydrogen-bond acceptors (Lipinski definition) is 3. The van der Waals surface area contributed by atoms with Gasteiger partial charge in [-0.1, -0.05) is 20.8 Å². The zero-order valence-electron chi connectivity index (χ0n) is 7.59. The Morgan fingerprint density at radius 2 is 1.82 bits per heavy atom. The van der Waals surface area contributed by atoms with Gasteiger partial charge in [-0.25, -0.2) is 0 Å². The van der Waals surface area contributed by atoms with Crippen molar-refractivity contribution < 1.29 is 9.90 Å². The monoisotopic (exact) mass is 159 g/mol. The first-order valence-electron chi connectivity index (χ1n) is 3.75. The molecule has 0 aromatic carbocycles. The summed E-state index contributed by atoms with van der Waals surface area (Å²) >= 11 is 0. The van der Waals surface area contributed by atoms with Gasteiger partial charge in [-0.3, -0.25) is 4.79 Å². The van der Waals surface area contributed by atoms with E-state index in [1.165, 1.54) is 6.92 Å². The number of rotatable bonds is 2. The van der Waals surface area contributed by atoms with E-state index in [-0.39, 0.29) is 5.78 Å². The van der Waals surface area contributed by atoms with Crippen molar-refractivity contribution in [2.45, 2.75) is 39.8 Å². The average Bonchev–Trinajstić information content (AvgIpc) is 1.82. The summed E-state index contributed by atoms with van der Waals surface area (Å²) in [6.07, 6.45) is -0.762. The molecule has 0 aliphatic carbocycles. The van der Waals surface area contributed by atoms with E-state index < -0.39 is 17.6 Å². The zero-order chi connectivity index (χ0) is 9.23. The first kappa shape index (κ1) is 10.6. The van der Waals surface area contributed by atoms with E-state index in [0.717, 1.165) is 0 Å². The molecule has 0 saturated carbocycles. The van der Waals surface area contributed by atoms with Crippen LogP contribution < -0.4 is 5.73 Å². The SMILES string of the molecule is C[C@H](O)[C@H](N)C(=O)C(C)(C)C. The highest BCUT2D eigenvalue weighted by Crippen LogP contribution is 2.16. The van der Waals surface area contributed by atoms with Crippen LogP contribution in [0.3, 0.4) is 0 Å². The van der Waals surface area contributed by atoms with Gasteiger partial charge in [0.1, 0.15) is 0 Å². The number of ketones is 1. The van der Waals surface area contributed by atoms with Crippen molar-refractivity contribution in [1.29, 1.82) is 0 Å². The van der Waals surface area contributed by atoms with Crippen LogP contribution in [0, 0.1) is 5.41 Å². The molecule has 0 unspecified atom stereocenters. The van der Waals surface area contributed by atoms with Crippen LogP contribution in [-0.4, -0.2) is 23.0 Å². The first-order valence-corrected chi connectivity index (χ1v) is 3.75. The summed E-state index contributed by atoms with van der Waals surface area (Å²) in [7, 11) is 0. The van der Waals surface area contributed by atoms with E-state index in [0.29, 0.717) is 0 Å². The zero-order valence-corrected chi connectivity index (χ0v) is 7.59. The van der Waals surface area contributed by atoms with Crippen LogP contribution in [0.4, 0.5) is 0 Å². The maximum Gasteiger partial charge on any atom is 0.157 e. The number of Topliss-reactive ketones (excluding diaryl/α,β-unsaturated/α-hetero) is 1. The average molecular weight is 159 g/mol. The van der Waals surface area contributed by atoms with Gasteiger partial charge in [0.25, 0.3) is 0 Å². The van der Waals surface area contributed by atoms with Gasteiger partial charge in [-0.15, -0.1) is 0 Å². The summed E-state index contributed by atoms with van der Waals surface area (Å²) in [6, 6.07) is -0.755. The van der Waals surface area contributed by atoms with Crippen molar-refractivity contribution in [2.24, 2.45) is 11.1 Å². The normalized spacial score (nSPS) is 17.6. The fraction of sp³-hybridized carbons (Fsp3) is 0.875. The minimum atomic E-state index is -0.762. The molecule has 0 fully saturated rings. The lowest BCUT2D eigenvalue weighted by Crippen LogP contribution is -2.45. The molecule has 2 atom stereocenters. The predicted octanol–water partition coefficient (Wildman–Crippen LogP) is 0.310. The molecular weight excluding hydrogens is 142 g/mol. The summed E-state index contributed by atoms with van der Waals surface area (Å²) in [6.45, 7) is 6.89. The van der Waals surface area contributed by atoms with Crippen LogP contribution in [0.5, 0.6) is 0 Å². The Labute approximate surface area is 67.6 Å². The number of aliphatic hydroxyl groups is 1. The third-order valence-electron chi connectivity index (χ3n) is 1.56. The van der Waals surface area contributed by atoms with Crippen LogP contribution in [0.15, 0.2) is 0 Å². The van der Waals surface area contributed by atoms with Crippen molar-refractivity contribution in [3.63, 3.8) is 0 Å². The number of carbonyl (C=O) groups excluding carboxylic acids is 1. The molecule has 0 bridgehead atoms. The van der Waals surface area contributed by atoms with Gasteiger partial charge in [0.2, 0.25) is 0 Å². The lowest BCUT2D eigenvalue weighted by atomic mass is 9.85. The largest absolute Gasteiger partial charge is 0.391 e. The molecular formula is C8H17NO2. The number of hydrogen-bond donors (Lipinski definition) is 2. The Bertz CT molecular complexity index is 147. The second-order valence-electron chi connectivity index (χ2n) is 3.88. The third-order valence-corrected chi connectivity index (χ3v) is 1.56. The molecule has 66 valence electrons. The molecule has 3 N–H and O–H groups in total. The fourth-order valence-electron chi connectivity index (χ4n) is 0.719. The van der Waals surface area contributed by atoms with E-state index in [1.807, 2.05) is 0 Å². The molecule has 3 heteroatoms. The van der Waals surface area contributed by atoms with Crippen molar-refractivity contribution in [3.05, 3.63) is 0 Å². The first-order chi connectivity index (χ1) is 4.76. The number of nitrogens with two attached hydrogens (primary N) is 1. The maximum atomic E-state index is 11.3. The van der Waals surface area contributed by atoms with Gasteiger partial charge >= 0.3 is 0 Å². The van der Waals surface area contributed by atoms with Gasteiger partial charge in [-0.05, 0) is 6.92 Å². The van der Waals surface area contributed by atoms with E-state index in [1.54, 1.807) is 20.8 Å². The van der Waals surface area contributed by atoms with Crippen LogP contribution in [0.25, 0.3) is 0 Å². The molecule has 3 nitrogen and oxygen atoms in total. The molecule has 11 heavy (non-hydrogen) atoms. The van der Waals surface area contributed by atoms with Gasteiger partial charge < -0.3 is 10.8 Å². The van der Waals surface area contributed by atoms with E-state index >= 15 is 0 Å². The van der Waals surface area contributed by atoms with Gasteiger partial charge in [0, 0.05) is 5.41 Å². The van der Waals surface area contributed by atoms with E-state index in [2.05, 4.69) is 0 Å². The van der Waals surface area contributed by atoms with E-state index in [9.17, 15) is 4.79 Å². The number of aliphatic hydroxyl groups excluding tert-OH is 1. The van der Waals surface area contributed by atoms with Gasteiger partial charge in [0.05, 0.1) is 12.1 Å². The molecule has 0 radical (unpaired) electrons. The number of carbonyl (C=O) groups is 1. The van der Waals surface area contributed by atoms with Crippen LogP contribution in [-0.2, 0) is 4.79 Å². The van der Waals surface area contributed by atoms with Crippen molar-refractivity contribution in [3.8, 4) is 0 Å². The van der Waals surface area contributed by atoms with Crippen molar-refractivity contribution >= 4 is 5.78 Å². The smallest absolute Gasteiger partial charge is 0.157 e. The Morgan fingerprint density at radius 1 is 1.45 bits per heavy atom. The van der Waals surface area contributed by atoms with E-state index in [4.69, 9.17) is 10.8 Å². The highest BCUT2D eigenvalue weighted by Gasteiger charge is 2.29. The lowest BCUT2D eigenvalue weighted by Gasteiger charge is -2.23. The maximum absolute atomic E-state index is 11.3. The molecule has 0 aromatic rings. The summed E-state index contributed by atoms with van der Waals surface area (Å²) in [5, 5.41) is 9.01. The minimum Gasteiger partial charge on any atom is -0.391 e. The predicted molar refractivity (Wildman–Crippen MR) is 44.1 cm³/mol. The van der Waals surface area contributed by atoms with Gasteiger partial charge in [0.15, 0.2) is 5.78 Å². The molecule has 0 aliphatic heterocycles. The van der Waals surface area contributed by atoms with Crippen LogP contribution in [0.1, 0.15) is 27.7 Å². The third kappa shape index (κ3) is 2.99. The molecule has 0 heterocycles. The molecule has 0 spiro atoms. The molecule has 0 saturated heterocycles.